The Morgan fingerprint density at radius 2 is 1.86 bits per heavy atom. The fourth-order valence-electron chi connectivity index (χ4n) is 1.71. The second-order valence-corrected chi connectivity index (χ2v) is 7.22. The zero-order chi connectivity index (χ0) is 15.6. The van der Waals surface area contributed by atoms with E-state index in [0.717, 1.165) is 6.26 Å². The molecule has 0 aliphatic carbocycles. The molecule has 0 fully saturated rings. The van der Waals surface area contributed by atoms with Gasteiger partial charge in [0.05, 0.1) is 10.5 Å². The summed E-state index contributed by atoms with van der Waals surface area (Å²) in [5, 5.41) is 2.48. The highest BCUT2D eigenvalue weighted by Crippen LogP contribution is 2.22. The molecule has 0 aromatic heterocycles. The fraction of sp³-hybridized carbons (Fsp3) is 0.0714. The normalized spacial score (nSPS) is 11.2. The molecule has 110 valence electrons. The predicted octanol–water partition coefficient (Wildman–Crippen LogP) is 3.24. The van der Waals surface area contributed by atoms with E-state index in [0.29, 0.717) is 4.47 Å². The molecule has 2 aromatic carbocycles. The molecule has 4 nitrogen and oxygen atoms in total. The molecule has 0 aliphatic heterocycles. The number of sulfone groups is 1. The second-order valence-electron chi connectivity index (χ2n) is 4.35. The van der Waals surface area contributed by atoms with Crippen molar-refractivity contribution in [1.82, 2.24) is 0 Å². The van der Waals surface area contributed by atoms with Crippen LogP contribution >= 0.6 is 15.9 Å². The minimum atomic E-state index is -3.38. The van der Waals surface area contributed by atoms with Gasteiger partial charge < -0.3 is 5.32 Å². The summed E-state index contributed by atoms with van der Waals surface area (Å²) in [5.41, 5.74) is 0.139. The Bertz CT molecular complexity index is 785. The highest BCUT2D eigenvalue weighted by Gasteiger charge is 2.16. The molecule has 0 heterocycles. The first kappa shape index (κ1) is 15.7. The third-order valence-electron chi connectivity index (χ3n) is 2.71. The fourth-order valence-corrected chi connectivity index (χ4v) is 2.90. The molecule has 7 heteroatoms. The standard InChI is InChI=1S/C14H11BrFNO3S/c1-21(19,20)10-5-2-4-9(8-10)17-14(18)13-11(15)6-3-7-12(13)16/h2-8H,1H3,(H,17,18). The maximum absolute atomic E-state index is 13.7. The average molecular weight is 372 g/mol. The van der Waals surface area contributed by atoms with Gasteiger partial charge in [-0.2, -0.15) is 0 Å². The minimum Gasteiger partial charge on any atom is -0.322 e. The molecule has 1 amide bonds. The van der Waals surface area contributed by atoms with E-state index in [1.165, 1.54) is 36.4 Å². The lowest BCUT2D eigenvalue weighted by atomic mass is 10.2. The maximum Gasteiger partial charge on any atom is 0.259 e. The summed E-state index contributed by atoms with van der Waals surface area (Å²) >= 11 is 3.11. The van der Waals surface area contributed by atoms with Gasteiger partial charge in [0, 0.05) is 16.4 Å². The average Bonchev–Trinajstić information content (AvgIpc) is 2.37. The molecule has 0 saturated heterocycles. The molecule has 0 saturated carbocycles. The van der Waals surface area contributed by atoms with Crippen molar-refractivity contribution in [1.29, 1.82) is 0 Å². The minimum absolute atomic E-state index is 0.0768. The molecule has 0 aliphatic rings. The largest absolute Gasteiger partial charge is 0.322 e. The number of amides is 1. The van der Waals surface area contributed by atoms with Crippen molar-refractivity contribution in [2.24, 2.45) is 0 Å². The second kappa shape index (κ2) is 5.95. The number of hydrogen-bond acceptors (Lipinski definition) is 3. The first-order valence-electron chi connectivity index (χ1n) is 5.84. The van der Waals surface area contributed by atoms with E-state index in [4.69, 9.17) is 0 Å². The maximum atomic E-state index is 13.7. The van der Waals surface area contributed by atoms with Crippen LogP contribution in [0.3, 0.4) is 0 Å². The monoisotopic (exact) mass is 371 g/mol. The van der Waals surface area contributed by atoms with Crippen molar-refractivity contribution in [2.45, 2.75) is 4.90 Å². The van der Waals surface area contributed by atoms with E-state index >= 15 is 0 Å². The highest BCUT2D eigenvalue weighted by atomic mass is 79.9. The van der Waals surface area contributed by atoms with Crippen LogP contribution in [0.4, 0.5) is 10.1 Å². The molecular weight excluding hydrogens is 361 g/mol. The van der Waals surface area contributed by atoms with Gasteiger partial charge in [0.1, 0.15) is 5.82 Å². The van der Waals surface area contributed by atoms with Gasteiger partial charge in [-0.1, -0.05) is 12.1 Å². The lowest BCUT2D eigenvalue weighted by molar-refractivity contribution is 0.102. The quantitative estimate of drug-likeness (QED) is 0.900. The summed E-state index contributed by atoms with van der Waals surface area (Å²) in [6.07, 6.45) is 1.07. The van der Waals surface area contributed by atoms with Crippen molar-refractivity contribution in [3.8, 4) is 0 Å². The van der Waals surface area contributed by atoms with Crippen molar-refractivity contribution in [3.05, 3.63) is 58.3 Å². The molecule has 0 bridgehead atoms. The third-order valence-corrected chi connectivity index (χ3v) is 4.48. The lowest BCUT2D eigenvalue weighted by Crippen LogP contribution is -2.14. The van der Waals surface area contributed by atoms with E-state index < -0.39 is 21.6 Å². The number of anilines is 1. The van der Waals surface area contributed by atoms with Crippen molar-refractivity contribution in [3.63, 3.8) is 0 Å². The van der Waals surface area contributed by atoms with Crippen LogP contribution in [-0.2, 0) is 9.84 Å². The SMILES string of the molecule is CS(=O)(=O)c1cccc(NC(=O)c2c(F)cccc2Br)c1. The van der Waals surface area contributed by atoms with Crippen LogP contribution in [0.1, 0.15) is 10.4 Å². The molecular formula is C14H11BrFNO3S. The summed E-state index contributed by atoms with van der Waals surface area (Å²) in [6, 6.07) is 9.97. The summed E-state index contributed by atoms with van der Waals surface area (Å²) in [7, 11) is -3.38. The van der Waals surface area contributed by atoms with Crippen LogP contribution < -0.4 is 5.32 Å². The summed E-state index contributed by atoms with van der Waals surface area (Å²) < 4.78 is 36.9. The first-order chi connectivity index (χ1) is 9.79. The van der Waals surface area contributed by atoms with Crippen LogP contribution in [0.25, 0.3) is 0 Å². The zero-order valence-corrected chi connectivity index (χ0v) is 13.3. The third kappa shape index (κ3) is 3.68. The Balaban J connectivity index is 2.33. The van der Waals surface area contributed by atoms with Crippen molar-refractivity contribution < 1.29 is 17.6 Å². The van der Waals surface area contributed by atoms with E-state index in [-0.39, 0.29) is 16.1 Å². The summed E-state index contributed by atoms with van der Waals surface area (Å²) in [6.45, 7) is 0. The number of benzene rings is 2. The molecule has 21 heavy (non-hydrogen) atoms. The molecule has 0 atom stereocenters. The number of carbonyl (C=O) groups excluding carboxylic acids is 1. The Kier molecular flexibility index (Phi) is 4.43. The van der Waals surface area contributed by atoms with E-state index in [2.05, 4.69) is 21.2 Å². The van der Waals surface area contributed by atoms with Gasteiger partial charge in [-0.05, 0) is 46.3 Å². The highest BCUT2D eigenvalue weighted by molar-refractivity contribution is 9.10. The Morgan fingerprint density at radius 1 is 1.19 bits per heavy atom. The van der Waals surface area contributed by atoms with Gasteiger partial charge in [-0.3, -0.25) is 4.79 Å². The van der Waals surface area contributed by atoms with Gasteiger partial charge in [0.25, 0.3) is 5.91 Å². The van der Waals surface area contributed by atoms with Crippen LogP contribution in [0.15, 0.2) is 51.8 Å². The number of nitrogens with one attached hydrogen (secondary N) is 1. The van der Waals surface area contributed by atoms with E-state index in [1.54, 1.807) is 6.07 Å². The lowest BCUT2D eigenvalue weighted by Gasteiger charge is -2.09. The molecule has 0 unspecified atom stereocenters. The predicted molar refractivity (Wildman–Crippen MR) is 81.6 cm³/mol. The molecule has 2 aromatic rings. The summed E-state index contributed by atoms with van der Waals surface area (Å²) in [5.74, 6) is -1.33. The topological polar surface area (TPSA) is 63.2 Å². The van der Waals surface area contributed by atoms with Crippen molar-refractivity contribution in [2.75, 3.05) is 11.6 Å². The Morgan fingerprint density at radius 3 is 2.48 bits per heavy atom. The number of hydrogen-bond donors (Lipinski definition) is 1. The van der Waals surface area contributed by atoms with Gasteiger partial charge in [-0.15, -0.1) is 0 Å². The van der Waals surface area contributed by atoms with Crippen molar-refractivity contribution >= 4 is 37.4 Å². The number of carbonyl (C=O) groups is 1. The van der Waals surface area contributed by atoms with Crippen LogP contribution in [0.2, 0.25) is 0 Å². The Labute approximate surface area is 130 Å². The number of rotatable bonds is 3. The number of halogens is 2. The van der Waals surface area contributed by atoms with E-state index in [9.17, 15) is 17.6 Å². The van der Waals surface area contributed by atoms with Gasteiger partial charge in [0.2, 0.25) is 0 Å². The molecule has 2 rings (SSSR count). The van der Waals surface area contributed by atoms with Crippen LogP contribution in [0, 0.1) is 5.82 Å². The van der Waals surface area contributed by atoms with Gasteiger partial charge in [0.15, 0.2) is 9.84 Å². The first-order valence-corrected chi connectivity index (χ1v) is 8.53. The Hall–Kier alpha value is -1.73. The smallest absolute Gasteiger partial charge is 0.259 e. The molecule has 0 radical (unpaired) electrons. The van der Waals surface area contributed by atoms with Gasteiger partial charge in [-0.25, -0.2) is 12.8 Å². The summed E-state index contributed by atoms with van der Waals surface area (Å²) in [4.78, 5) is 12.2. The molecule has 0 spiro atoms. The van der Waals surface area contributed by atoms with E-state index in [1.807, 2.05) is 0 Å². The molecule has 1 N–H and O–H groups in total. The zero-order valence-electron chi connectivity index (χ0n) is 10.9. The van der Waals surface area contributed by atoms with Crippen LogP contribution in [-0.4, -0.2) is 20.6 Å². The van der Waals surface area contributed by atoms with Gasteiger partial charge >= 0.3 is 0 Å². The van der Waals surface area contributed by atoms with Crippen LogP contribution in [0.5, 0.6) is 0 Å².